The average molecular weight is 436 g/mol. The van der Waals surface area contributed by atoms with Crippen LogP contribution >= 0.6 is 11.6 Å². The molecule has 6 heteroatoms. The number of hydrogen-bond acceptors (Lipinski definition) is 3. The van der Waals surface area contributed by atoms with Gasteiger partial charge in [-0.3, -0.25) is 4.99 Å². The predicted molar refractivity (Wildman–Crippen MR) is 134 cm³/mol. The van der Waals surface area contributed by atoms with Crippen molar-refractivity contribution >= 4 is 46.3 Å². The lowest BCUT2D eigenvalue weighted by Gasteiger charge is -2.12. The van der Waals surface area contributed by atoms with E-state index in [1.807, 2.05) is 30.3 Å². The van der Waals surface area contributed by atoms with Crippen molar-refractivity contribution in [3.63, 3.8) is 0 Å². The van der Waals surface area contributed by atoms with E-state index in [4.69, 9.17) is 28.1 Å². The highest BCUT2D eigenvalue weighted by molar-refractivity contribution is 6.30. The van der Waals surface area contributed by atoms with Gasteiger partial charge in [-0.25, -0.2) is 4.98 Å². The van der Waals surface area contributed by atoms with Crippen molar-refractivity contribution in [2.24, 2.45) is 16.5 Å². The summed E-state index contributed by atoms with van der Waals surface area (Å²) >= 11 is 5.98. The predicted octanol–water partition coefficient (Wildman–Crippen LogP) is 5.61. The van der Waals surface area contributed by atoms with Gasteiger partial charge >= 0.3 is 0 Å². The molecule has 0 bridgehead atoms. The third-order valence-corrected chi connectivity index (χ3v) is 5.25. The monoisotopic (exact) mass is 435 g/mol. The Hall–Kier alpha value is -3.05. The lowest BCUT2D eigenvalue weighted by molar-refractivity contribution is 0.662. The van der Waals surface area contributed by atoms with Crippen molar-refractivity contribution in [3.05, 3.63) is 70.4 Å². The normalized spacial score (nSPS) is 11.2. The van der Waals surface area contributed by atoms with Gasteiger partial charge in [-0.1, -0.05) is 54.3 Å². The van der Waals surface area contributed by atoms with Gasteiger partial charge in [0.25, 0.3) is 0 Å². The number of fused-ring (bicyclic) bond motifs is 1. The number of aliphatic imine (C=N–C) groups is 1. The minimum atomic E-state index is 0.169. The van der Waals surface area contributed by atoms with Crippen LogP contribution in [0.1, 0.15) is 42.5 Å². The molecule has 1 aromatic heterocycles. The number of nitrogens with two attached hydrogens (primary N) is 2. The zero-order chi connectivity index (χ0) is 22.1. The molecule has 3 aromatic rings. The van der Waals surface area contributed by atoms with Crippen LogP contribution in [0, 0.1) is 6.92 Å². The Balaban J connectivity index is 1.66. The maximum absolute atomic E-state index is 5.98. The van der Waals surface area contributed by atoms with E-state index in [0.29, 0.717) is 6.54 Å². The molecule has 3 rings (SSSR count). The van der Waals surface area contributed by atoms with E-state index in [9.17, 15) is 0 Å². The number of unbranched alkanes of at least 4 members (excludes halogenated alkanes) is 3. The fourth-order valence-corrected chi connectivity index (χ4v) is 3.49. The molecule has 2 aromatic carbocycles. The number of anilines is 1. The van der Waals surface area contributed by atoms with Crippen LogP contribution in [0.2, 0.25) is 5.02 Å². The molecule has 0 atom stereocenters. The minimum absolute atomic E-state index is 0.169. The molecule has 31 heavy (non-hydrogen) atoms. The first-order valence-electron chi connectivity index (χ1n) is 10.7. The topological polar surface area (TPSA) is 89.3 Å². The van der Waals surface area contributed by atoms with E-state index >= 15 is 0 Å². The van der Waals surface area contributed by atoms with Crippen LogP contribution < -0.4 is 16.8 Å². The highest BCUT2D eigenvalue weighted by atomic mass is 35.5. The molecule has 0 aliphatic carbocycles. The fourth-order valence-electron chi connectivity index (χ4n) is 3.37. The second kappa shape index (κ2) is 11.4. The first kappa shape index (κ1) is 22.6. The van der Waals surface area contributed by atoms with Gasteiger partial charge in [0.1, 0.15) is 0 Å². The molecule has 162 valence electrons. The summed E-state index contributed by atoms with van der Waals surface area (Å²) in [6.07, 6.45) is 8.45. The maximum atomic E-state index is 5.98. The number of nitrogens with zero attached hydrogens (tertiary/aromatic N) is 2. The van der Waals surface area contributed by atoms with E-state index in [2.05, 4.69) is 47.6 Å². The Labute approximate surface area is 189 Å². The van der Waals surface area contributed by atoms with Gasteiger partial charge in [0.2, 0.25) is 0 Å². The SMILES string of the molecule is Cc1ccc2nc(/C=C/c3ccc(Cl)cc3)cc(NCCCCCCN=C(N)N)c2c1. The molecule has 1 heterocycles. The smallest absolute Gasteiger partial charge is 0.185 e. The average Bonchev–Trinajstić information content (AvgIpc) is 2.75. The Bertz CT molecular complexity index is 1050. The van der Waals surface area contributed by atoms with E-state index in [1.165, 1.54) is 5.56 Å². The van der Waals surface area contributed by atoms with Gasteiger partial charge in [-0.05, 0) is 61.7 Å². The van der Waals surface area contributed by atoms with Gasteiger partial charge in [-0.15, -0.1) is 0 Å². The Morgan fingerprint density at radius 1 is 1.00 bits per heavy atom. The minimum Gasteiger partial charge on any atom is -0.384 e. The number of aryl methyl sites for hydroxylation is 1. The van der Waals surface area contributed by atoms with Crippen molar-refractivity contribution in [2.45, 2.75) is 32.6 Å². The molecule has 0 fully saturated rings. The highest BCUT2D eigenvalue weighted by Gasteiger charge is 2.05. The van der Waals surface area contributed by atoms with Crippen LogP contribution in [0.4, 0.5) is 5.69 Å². The number of rotatable bonds is 10. The molecular weight excluding hydrogens is 406 g/mol. The zero-order valence-corrected chi connectivity index (χ0v) is 18.7. The van der Waals surface area contributed by atoms with Gasteiger partial charge in [0.05, 0.1) is 11.2 Å². The number of guanidine groups is 1. The van der Waals surface area contributed by atoms with Crippen molar-refractivity contribution in [1.29, 1.82) is 0 Å². The second-order valence-electron chi connectivity index (χ2n) is 7.65. The van der Waals surface area contributed by atoms with E-state index in [1.54, 1.807) is 0 Å². The van der Waals surface area contributed by atoms with Crippen LogP contribution in [0.25, 0.3) is 23.1 Å². The molecule has 5 nitrogen and oxygen atoms in total. The number of hydrogen-bond donors (Lipinski definition) is 3. The maximum Gasteiger partial charge on any atom is 0.185 e. The molecule has 0 aliphatic heterocycles. The summed E-state index contributed by atoms with van der Waals surface area (Å²) in [6.45, 7) is 3.72. The molecular formula is C25H30ClN5. The summed E-state index contributed by atoms with van der Waals surface area (Å²) in [5.41, 5.74) is 16.0. The first-order chi connectivity index (χ1) is 15.0. The lowest BCUT2D eigenvalue weighted by Crippen LogP contribution is -2.22. The lowest BCUT2D eigenvalue weighted by atomic mass is 10.1. The van der Waals surface area contributed by atoms with Gasteiger partial charge in [-0.2, -0.15) is 0 Å². The van der Waals surface area contributed by atoms with Crippen LogP contribution in [0.15, 0.2) is 53.5 Å². The van der Waals surface area contributed by atoms with Crippen LogP contribution in [0.5, 0.6) is 0 Å². The molecule has 0 radical (unpaired) electrons. The first-order valence-corrected chi connectivity index (χ1v) is 11.0. The summed E-state index contributed by atoms with van der Waals surface area (Å²) in [7, 11) is 0. The number of nitrogens with one attached hydrogen (secondary N) is 1. The third-order valence-electron chi connectivity index (χ3n) is 5.00. The molecule has 0 amide bonds. The van der Waals surface area contributed by atoms with Crippen LogP contribution in [-0.4, -0.2) is 24.0 Å². The summed E-state index contributed by atoms with van der Waals surface area (Å²) in [6, 6.07) is 16.3. The van der Waals surface area contributed by atoms with E-state index in [0.717, 1.165) is 65.1 Å². The third kappa shape index (κ3) is 7.30. The number of aromatic nitrogens is 1. The number of pyridine rings is 1. The van der Waals surface area contributed by atoms with Crippen molar-refractivity contribution in [2.75, 3.05) is 18.4 Å². The number of benzene rings is 2. The fraction of sp³-hybridized carbons (Fsp3) is 0.280. The Morgan fingerprint density at radius 3 is 2.55 bits per heavy atom. The zero-order valence-electron chi connectivity index (χ0n) is 17.9. The highest BCUT2D eigenvalue weighted by Crippen LogP contribution is 2.25. The van der Waals surface area contributed by atoms with Gasteiger partial charge in [0.15, 0.2) is 5.96 Å². The largest absolute Gasteiger partial charge is 0.384 e. The Morgan fingerprint density at radius 2 is 1.77 bits per heavy atom. The van der Waals surface area contributed by atoms with Gasteiger partial charge in [0, 0.05) is 29.2 Å². The van der Waals surface area contributed by atoms with Crippen LogP contribution in [-0.2, 0) is 0 Å². The van der Waals surface area contributed by atoms with E-state index < -0.39 is 0 Å². The quantitative estimate of drug-likeness (QED) is 0.219. The van der Waals surface area contributed by atoms with Crippen molar-refractivity contribution in [3.8, 4) is 0 Å². The summed E-state index contributed by atoms with van der Waals surface area (Å²) in [4.78, 5) is 8.84. The van der Waals surface area contributed by atoms with Crippen LogP contribution in [0.3, 0.4) is 0 Å². The van der Waals surface area contributed by atoms with E-state index in [-0.39, 0.29) is 5.96 Å². The Kier molecular flexibility index (Phi) is 8.30. The van der Waals surface area contributed by atoms with Gasteiger partial charge < -0.3 is 16.8 Å². The summed E-state index contributed by atoms with van der Waals surface area (Å²) in [5, 5.41) is 5.50. The molecule has 0 saturated carbocycles. The molecule has 0 saturated heterocycles. The summed E-state index contributed by atoms with van der Waals surface area (Å²) in [5.74, 6) is 0.169. The number of halogens is 1. The van der Waals surface area contributed by atoms with Crippen molar-refractivity contribution in [1.82, 2.24) is 4.98 Å². The molecule has 0 spiro atoms. The summed E-state index contributed by atoms with van der Waals surface area (Å²) < 4.78 is 0. The second-order valence-corrected chi connectivity index (χ2v) is 8.08. The molecule has 0 unspecified atom stereocenters. The molecule has 0 aliphatic rings. The molecule has 5 N–H and O–H groups in total. The standard InChI is InChI=1S/C25H30ClN5/c1-18-6-13-23-22(16-18)24(29-14-4-2-3-5-15-30-25(27)28)17-21(31-23)12-9-19-7-10-20(26)11-8-19/h6-13,16-17H,2-5,14-15H2,1H3,(H,29,31)(H4,27,28,30)/b12-9+. The van der Waals surface area contributed by atoms with Crippen molar-refractivity contribution < 1.29 is 0 Å².